The first-order valence-electron chi connectivity index (χ1n) is 7.11. The molecule has 21 heavy (non-hydrogen) atoms. The summed E-state index contributed by atoms with van der Waals surface area (Å²) in [7, 11) is 0. The fourth-order valence-corrected chi connectivity index (χ4v) is 2.24. The second-order valence-corrected chi connectivity index (χ2v) is 5.62. The zero-order valence-electron chi connectivity index (χ0n) is 12.7. The van der Waals surface area contributed by atoms with Gasteiger partial charge in [-0.2, -0.15) is 0 Å². The molecule has 1 unspecified atom stereocenters. The van der Waals surface area contributed by atoms with Crippen molar-refractivity contribution in [1.29, 1.82) is 0 Å². The molecule has 0 saturated heterocycles. The van der Waals surface area contributed by atoms with Crippen LogP contribution in [-0.4, -0.2) is 4.98 Å². The third-order valence-electron chi connectivity index (χ3n) is 3.44. The molecule has 2 N–H and O–H groups in total. The number of nitrogen functional groups attached to an aromatic ring is 1. The van der Waals surface area contributed by atoms with Gasteiger partial charge in [0.2, 0.25) is 0 Å². The lowest BCUT2D eigenvalue weighted by molar-refractivity contribution is 0.591. The molecule has 0 aliphatic heterocycles. The number of halogens is 1. The molecule has 1 heterocycles. The number of benzene rings is 1. The van der Waals surface area contributed by atoms with Crippen LogP contribution in [0.15, 0.2) is 36.5 Å². The second kappa shape index (κ2) is 6.53. The van der Waals surface area contributed by atoms with Crippen LogP contribution in [0, 0.1) is 25.6 Å². The molecule has 0 bridgehead atoms. The van der Waals surface area contributed by atoms with Gasteiger partial charge in [-0.3, -0.25) is 0 Å². The molecule has 0 fully saturated rings. The summed E-state index contributed by atoms with van der Waals surface area (Å²) in [5.41, 5.74) is 9.51. The third kappa shape index (κ3) is 4.15. The molecule has 110 valence electrons. The van der Waals surface area contributed by atoms with Crippen molar-refractivity contribution in [2.75, 3.05) is 5.73 Å². The van der Waals surface area contributed by atoms with Crippen LogP contribution in [0.3, 0.4) is 0 Å². The summed E-state index contributed by atoms with van der Waals surface area (Å²) in [6.07, 6.45) is 6.43. The van der Waals surface area contributed by atoms with Crippen molar-refractivity contribution in [3.8, 4) is 0 Å². The Labute approximate surface area is 125 Å². The number of rotatable bonds is 4. The van der Waals surface area contributed by atoms with Crippen molar-refractivity contribution in [2.45, 2.75) is 27.2 Å². The van der Waals surface area contributed by atoms with Crippen LogP contribution in [0.1, 0.15) is 29.2 Å². The fraction of sp³-hybridized carbons (Fsp3) is 0.278. The summed E-state index contributed by atoms with van der Waals surface area (Å²) in [4.78, 5) is 4.13. The van der Waals surface area contributed by atoms with Gasteiger partial charge in [0.05, 0.1) is 0 Å². The molecule has 1 aromatic carbocycles. The Kier molecular flexibility index (Phi) is 4.73. The van der Waals surface area contributed by atoms with Crippen molar-refractivity contribution >= 4 is 11.9 Å². The lowest BCUT2D eigenvalue weighted by Crippen LogP contribution is -2.00. The Bertz CT molecular complexity index is 662. The molecular weight excluding hydrogens is 263 g/mol. The van der Waals surface area contributed by atoms with E-state index in [0.717, 1.165) is 22.3 Å². The van der Waals surface area contributed by atoms with Crippen molar-refractivity contribution in [1.82, 2.24) is 4.98 Å². The number of anilines is 1. The number of hydrogen-bond donors (Lipinski definition) is 1. The summed E-state index contributed by atoms with van der Waals surface area (Å²) in [5.74, 6) is 0.611. The number of aromatic nitrogens is 1. The number of nitrogens with zero attached hydrogens (tertiary/aromatic N) is 1. The maximum Gasteiger partial charge on any atom is 0.130 e. The predicted octanol–water partition coefficient (Wildman–Crippen LogP) is 4.31. The van der Waals surface area contributed by atoms with Crippen LogP contribution >= 0.6 is 0 Å². The minimum absolute atomic E-state index is 0.132. The molecule has 0 amide bonds. The Morgan fingerprint density at radius 3 is 2.71 bits per heavy atom. The lowest BCUT2D eigenvalue weighted by atomic mass is 9.98. The van der Waals surface area contributed by atoms with Gasteiger partial charge in [0.15, 0.2) is 0 Å². The maximum atomic E-state index is 13.8. The molecule has 1 atom stereocenters. The van der Waals surface area contributed by atoms with Gasteiger partial charge in [0.1, 0.15) is 11.6 Å². The van der Waals surface area contributed by atoms with Crippen molar-refractivity contribution in [3.05, 3.63) is 64.6 Å². The highest BCUT2D eigenvalue weighted by Gasteiger charge is 2.06. The first kappa shape index (κ1) is 15.2. The van der Waals surface area contributed by atoms with E-state index in [-0.39, 0.29) is 11.7 Å². The van der Waals surface area contributed by atoms with Crippen LogP contribution < -0.4 is 5.73 Å². The number of nitrogens with two attached hydrogens (primary N) is 1. The molecule has 2 aromatic rings. The zero-order chi connectivity index (χ0) is 15.4. The second-order valence-electron chi connectivity index (χ2n) is 5.62. The van der Waals surface area contributed by atoms with E-state index in [1.807, 2.05) is 44.2 Å². The molecule has 0 aliphatic rings. The van der Waals surface area contributed by atoms with Gasteiger partial charge < -0.3 is 5.73 Å². The number of aryl methyl sites for hydroxylation is 2. The molecule has 0 saturated carbocycles. The lowest BCUT2D eigenvalue weighted by Gasteiger charge is -2.09. The molecule has 0 aliphatic carbocycles. The van der Waals surface area contributed by atoms with E-state index < -0.39 is 0 Å². The normalized spacial score (nSPS) is 12.8. The molecule has 2 nitrogen and oxygen atoms in total. The first-order chi connectivity index (χ1) is 9.95. The molecule has 0 radical (unpaired) electrons. The maximum absolute atomic E-state index is 13.8. The van der Waals surface area contributed by atoms with Crippen molar-refractivity contribution in [3.63, 3.8) is 0 Å². The zero-order valence-corrected chi connectivity index (χ0v) is 12.7. The molecule has 3 heteroatoms. The van der Waals surface area contributed by atoms with E-state index >= 15 is 0 Å². The van der Waals surface area contributed by atoms with Gasteiger partial charge in [-0.1, -0.05) is 31.2 Å². The third-order valence-corrected chi connectivity index (χ3v) is 3.44. The molecule has 2 rings (SSSR count). The van der Waals surface area contributed by atoms with Crippen LogP contribution in [0.25, 0.3) is 6.08 Å². The van der Waals surface area contributed by atoms with E-state index in [1.54, 1.807) is 12.3 Å². The Hall–Kier alpha value is -2.16. The SMILES string of the molecule is Cc1ccc(CC(C)/C=C/c2cc(C)cnc2N)c(F)c1. The summed E-state index contributed by atoms with van der Waals surface area (Å²) >= 11 is 0. The van der Waals surface area contributed by atoms with Gasteiger partial charge >= 0.3 is 0 Å². The highest BCUT2D eigenvalue weighted by molar-refractivity contribution is 5.61. The van der Waals surface area contributed by atoms with Crippen LogP contribution in [0.2, 0.25) is 0 Å². The molecule has 1 aromatic heterocycles. The molecule has 0 spiro atoms. The summed E-state index contributed by atoms with van der Waals surface area (Å²) in [6, 6.07) is 7.38. The van der Waals surface area contributed by atoms with Gasteiger partial charge in [-0.05, 0) is 55.0 Å². The highest BCUT2D eigenvalue weighted by Crippen LogP contribution is 2.18. The van der Waals surface area contributed by atoms with Crippen molar-refractivity contribution < 1.29 is 4.39 Å². The van der Waals surface area contributed by atoms with E-state index in [2.05, 4.69) is 11.9 Å². The van der Waals surface area contributed by atoms with E-state index in [4.69, 9.17) is 5.73 Å². The predicted molar refractivity (Wildman–Crippen MR) is 86.4 cm³/mol. The van der Waals surface area contributed by atoms with Gasteiger partial charge in [0, 0.05) is 11.8 Å². The largest absolute Gasteiger partial charge is 0.383 e. The topological polar surface area (TPSA) is 38.9 Å². The molecular formula is C18H21FN2. The quantitative estimate of drug-likeness (QED) is 0.908. The van der Waals surface area contributed by atoms with E-state index in [1.165, 1.54) is 0 Å². The van der Waals surface area contributed by atoms with Gasteiger partial charge in [-0.15, -0.1) is 0 Å². The Balaban J connectivity index is 2.09. The summed E-state index contributed by atoms with van der Waals surface area (Å²) < 4.78 is 13.8. The van der Waals surface area contributed by atoms with E-state index in [0.29, 0.717) is 12.2 Å². The van der Waals surface area contributed by atoms with Crippen LogP contribution in [0.4, 0.5) is 10.2 Å². The number of allylic oxidation sites excluding steroid dienone is 1. The summed E-state index contributed by atoms with van der Waals surface area (Å²) in [5, 5.41) is 0. The smallest absolute Gasteiger partial charge is 0.130 e. The average molecular weight is 284 g/mol. The van der Waals surface area contributed by atoms with Crippen molar-refractivity contribution in [2.24, 2.45) is 5.92 Å². The minimum Gasteiger partial charge on any atom is -0.383 e. The van der Waals surface area contributed by atoms with E-state index in [9.17, 15) is 4.39 Å². The monoisotopic (exact) mass is 284 g/mol. The van der Waals surface area contributed by atoms with Crippen LogP contribution in [-0.2, 0) is 6.42 Å². The standard InChI is InChI=1S/C18H21FN2/c1-12(8-15-6-4-13(2)10-17(15)19)5-7-16-9-14(3)11-21-18(16)20/h4-7,9-12H,8H2,1-3H3,(H2,20,21)/b7-5+. The first-order valence-corrected chi connectivity index (χ1v) is 7.11. The van der Waals surface area contributed by atoms with Crippen LogP contribution in [0.5, 0.6) is 0 Å². The average Bonchev–Trinajstić information content (AvgIpc) is 2.43. The van der Waals surface area contributed by atoms with Gasteiger partial charge in [0.25, 0.3) is 0 Å². The number of pyridine rings is 1. The minimum atomic E-state index is -0.132. The fourth-order valence-electron chi connectivity index (χ4n) is 2.24. The highest BCUT2D eigenvalue weighted by atomic mass is 19.1. The summed E-state index contributed by atoms with van der Waals surface area (Å²) in [6.45, 7) is 5.94. The number of hydrogen-bond acceptors (Lipinski definition) is 2. The Morgan fingerprint density at radius 1 is 1.24 bits per heavy atom. The van der Waals surface area contributed by atoms with Gasteiger partial charge in [-0.25, -0.2) is 9.37 Å². The Morgan fingerprint density at radius 2 is 2.00 bits per heavy atom.